The highest BCUT2D eigenvalue weighted by Crippen LogP contribution is 2.04. The van der Waals surface area contributed by atoms with Crippen molar-refractivity contribution in [3.8, 4) is 0 Å². The molecule has 1 atom stereocenters. The van der Waals surface area contributed by atoms with Crippen LogP contribution in [0.15, 0.2) is 6.20 Å². The van der Waals surface area contributed by atoms with Gasteiger partial charge in [-0.05, 0) is 25.4 Å². The van der Waals surface area contributed by atoms with Gasteiger partial charge in [0.15, 0.2) is 0 Å². The van der Waals surface area contributed by atoms with Gasteiger partial charge in [0.2, 0.25) is 0 Å². The largest absolute Gasteiger partial charge is 0.317 e. The lowest BCUT2D eigenvalue weighted by Crippen LogP contribution is -2.22. The summed E-state index contributed by atoms with van der Waals surface area (Å²) in [5, 5.41) is 11.1. The summed E-state index contributed by atoms with van der Waals surface area (Å²) < 4.78 is 1.84. The van der Waals surface area contributed by atoms with Crippen LogP contribution in [0.4, 0.5) is 0 Å². The topological polar surface area (TPSA) is 42.7 Å². The Morgan fingerprint density at radius 2 is 2.38 bits per heavy atom. The van der Waals surface area contributed by atoms with Gasteiger partial charge in [0, 0.05) is 7.05 Å². The van der Waals surface area contributed by atoms with Crippen molar-refractivity contribution in [2.45, 2.75) is 20.3 Å². The molecule has 4 nitrogen and oxygen atoms in total. The fourth-order valence-corrected chi connectivity index (χ4v) is 1.32. The van der Waals surface area contributed by atoms with Crippen LogP contribution in [-0.2, 0) is 13.5 Å². The first kappa shape index (κ1) is 10.2. The van der Waals surface area contributed by atoms with E-state index in [-0.39, 0.29) is 0 Å². The highest BCUT2D eigenvalue weighted by Gasteiger charge is 2.06. The molecule has 0 fully saturated rings. The molecule has 0 radical (unpaired) electrons. The molecule has 1 aromatic rings. The van der Waals surface area contributed by atoms with Crippen molar-refractivity contribution < 1.29 is 0 Å². The number of hydrogen-bond donors (Lipinski definition) is 1. The van der Waals surface area contributed by atoms with Crippen LogP contribution in [0.1, 0.15) is 19.5 Å². The van der Waals surface area contributed by atoms with Crippen LogP contribution in [0.3, 0.4) is 0 Å². The molecule has 0 saturated heterocycles. The highest BCUT2D eigenvalue weighted by molar-refractivity contribution is 4.94. The minimum atomic E-state index is 0.636. The molecule has 1 unspecified atom stereocenters. The van der Waals surface area contributed by atoms with Gasteiger partial charge < -0.3 is 5.32 Å². The molecule has 1 rings (SSSR count). The van der Waals surface area contributed by atoms with E-state index < -0.39 is 0 Å². The van der Waals surface area contributed by atoms with Crippen molar-refractivity contribution in [3.05, 3.63) is 11.9 Å². The Labute approximate surface area is 79.3 Å². The van der Waals surface area contributed by atoms with E-state index in [1.54, 1.807) is 0 Å². The fraction of sp³-hybridized carbons (Fsp3) is 0.778. The van der Waals surface area contributed by atoms with Crippen LogP contribution in [0.2, 0.25) is 0 Å². The van der Waals surface area contributed by atoms with Gasteiger partial charge >= 0.3 is 0 Å². The number of nitrogens with one attached hydrogen (secondary N) is 1. The van der Waals surface area contributed by atoms with E-state index in [2.05, 4.69) is 29.5 Å². The number of aromatic nitrogens is 3. The van der Waals surface area contributed by atoms with Crippen LogP contribution in [-0.4, -0.2) is 28.1 Å². The number of aryl methyl sites for hydroxylation is 1. The first-order chi connectivity index (χ1) is 6.24. The molecule has 0 saturated carbocycles. The minimum Gasteiger partial charge on any atom is -0.317 e. The molecule has 0 aliphatic carbocycles. The lowest BCUT2D eigenvalue weighted by Gasteiger charge is -2.10. The molecule has 0 bridgehead atoms. The lowest BCUT2D eigenvalue weighted by molar-refractivity contribution is 0.503. The molecule has 1 heterocycles. The average Bonchev–Trinajstić information content (AvgIpc) is 2.48. The van der Waals surface area contributed by atoms with Gasteiger partial charge in [-0.25, -0.2) is 0 Å². The number of hydrogen-bond acceptors (Lipinski definition) is 3. The van der Waals surface area contributed by atoms with E-state index in [1.165, 1.54) is 5.69 Å². The Morgan fingerprint density at radius 1 is 1.62 bits per heavy atom. The summed E-state index contributed by atoms with van der Waals surface area (Å²) in [6.07, 6.45) is 2.87. The maximum atomic E-state index is 3.90. The molecule has 4 heteroatoms. The molecular formula is C9H18N4. The minimum absolute atomic E-state index is 0.636. The fourth-order valence-electron chi connectivity index (χ4n) is 1.32. The molecule has 0 aliphatic heterocycles. The van der Waals surface area contributed by atoms with Crippen LogP contribution >= 0.6 is 0 Å². The SMILES string of the molecule is CCNCC(C)Cc1cnnn1C. The van der Waals surface area contributed by atoms with Crippen molar-refractivity contribution in [2.24, 2.45) is 13.0 Å². The zero-order valence-corrected chi connectivity index (χ0v) is 8.62. The molecular weight excluding hydrogens is 164 g/mol. The van der Waals surface area contributed by atoms with Crippen molar-refractivity contribution >= 4 is 0 Å². The Bertz CT molecular complexity index is 244. The monoisotopic (exact) mass is 182 g/mol. The van der Waals surface area contributed by atoms with E-state index in [1.807, 2.05) is 17.9 Å². The summed E-state index contributed by atoms with van der Waals surface area (Å²) in [5.41, 5.74) is 1.20. The predicted octanol–water partition coefficient (Wildman–Crippen LogP) is 0.603. The normalized spacial score (nSPS) is 13.2. The van der Waals surface area contributed by atoms with E-state index in [9.17, 15) is 0 Å². The van der Waals surface area contributed by atoms with Gasteiger partial charge in [-0.2, -0.15) is 0 Å². The van der Waals surface area contributed by atoms with Crippen molar-refractivity contribution in [3.63, 3.8) is 0 Å². The van der Waals surface area contributed by atoms with Gasteiger partial charge in [0.05, 0.1) is 11.9 Å². The van der Waals surface area contributed by atoms with Crippen LogP contribution in [0, 0.1) is 5.92 Å². The molecule has 74 valence electrons. The zero-order chi connectivity index (χ0) is 9.68. The Morgan fingerprint density at radius 3 is 2.92 bits per heavy atom. The molecule has 13 heavy (non-hydrogen) atoms. The van der Waals surface area contributed by atoms with E-state index in [4.69, 9.17) is 0 Å². The summed E-state index contributed by atoms with van der Waals surface area (Å²) in [5.74, 6) is 0.636. The third kappa shape index (κ3) is 3.14. The van der Waals surface area contributed by atoms with Crippen molar-refractivity contribution in [1.82, 2.24) is 20.3 Å². The zero-order valence-electron chi connectivity index (χ0n) is 8.62. The molecule has 0 spiro atoms. The third-order valence-electron chi connectivity index (χ3n) is 2.11. The smallest absolute Gasteiger partial charge is 0.0725 e. The Hall–Kier alpha value is -0.900. The summed E-state index contributed by atoms with van der Waals surface area (Å²) in [6, 6.07) is 0. The van der Waals surface area contributed by atoms with Gasteiger partial charge in [0.25, 0.3) is 0 Å². The van der Waals surface area contributed by atoms with Gasteiger partial charge in [-0.15, -0.1) is 5.10 Å². The second-order valence-electron chi connectivity index (χ2n) is 3.47. The number of rotatable bonds is 5. The first-order valence-electron chi connectivity index (χ1n) is 4.78. The van der Waals surface area contributed by atoms with E-state index >= 15 is 0 Å². The summed E-state index contributed by atoms with van der Waals surface area (Å²) in [4.78, 5) is 0. The first-order valence-corrected chi connectivity index (χ1v) is 4.78. The maximum Gasteiger partial charge on any atom is 0.0725 e. The van der Waals surface area contributed by atoms with E-state index in [0.717, 1.165) is 19.5 Å². The summed E-state index contributed by atoms with van der Waals surface area (Å²) in [6.45, 7) is 6.45. The van der Waals surface area contributed by atoms with Crippen LogP contribution in [0.25, 0.3) is 0 Å². The second-order valence-corrected chi connectivity index (χ2v) is 3.47. The van der Waals surface area contributed by atoms with Crippen LogP contribution < -0.4 is 5.32 Å². The van der Waals surface area contributed by atoms with E-state index in [0.29, 0.717) is 5.92 Å². The standard InChI is InChI=1S/C9H18N4/c1-4-10-6-8(2)5-9-7-11-12-13(9)3/h7-8,10H,4-6H2,1-3H3. The molecule has 1 N–H and O–H groups in total. The van der Waals surface area contributed by atoms with Crippen LogP contribution in [0.5, 0.6) is 0 Å². The summed E-state index contributed by atoms with van der Waals surface area (Å²) in [7, 11) is 1.93. The molecule has 1 aromatic heterocycles. The van der Waals surface area contributed by atoms with Crippen molar-refractivity contribution in [1.29, 1.82) is 0 Å². The Balaban J connectivity index is 2.36. The lowest BCUT2D eigenvalue weighted by atomic mass is 10.1. The Kier molecular flexibility index (Phi) is 3.89. The maximum absolute atomic E-state index is 3.90. The average molecular weight is 182 g/mol. The summed E-state index contributed by atoms with van der Waals surface area (Å²) >= 11 is 0. The molecule has 0 aliphatic rings. The quantitative estimate of drug-likeness (QED) is 0.725. The highest BCUT2D eigenvalue weighted by atomic mass is 15.4. The van der Waals surface area contributed by atoms with Gasteiger partial charge in [0.1, 0.15) is 0 Å². The number of nitrogens with zero attached hydrogens (tertiary/aromatic N) is 3. The molecule has 0 amide bonds. The van der Waals surface area contributed by atoms with Gasteiger partial charge in [-0.1, -0.05) is 19.1 Å². The predicted molar refractivity (Wildman–Crippen MR) is 52.4 cm³/mol. The van der Waals surface area contributed by atoms with Gasteiger partial charge in [-0.3, -0.25) is 4.68 Å². The molecule has 0 aromatic carbocycles. The second kappa shape index (κ2) is 4.97. The third-order valence-corrected chi connectivity index (χ3v) is 2.11. The van der Waals surface area contributed by atoms with Crippen molar-refractivity contribution in [2.75, 3.05) is 13.1 Å².